The van der Waals surface area contributed by atoms with E-state index < -0.39 is 5.91 Å². The van der Waals surface area contributed by atoms with Crippen molar-refractivity contribution in [2.75, 3.05) is 26.2 Å². The summed E-state index contributed by atoms with van der Waals surface area (Å²) in [5.41, 5.74) is 7.15. The lowest BCUT2D eigenvalue weighted by molar-refractivity contribution is 0.0765. The summed E-state index contributed by atoms with van der Waals surface area (Å²) in [6.45, 7) is 4.74. The zero-order valence-electron chi connectivity index (χ0n) is 13.3. The second-order valence-electron chi connectivity index (χ2n) is 6.19. The monoisotopic (exact) mass is 337 g/mol. The first-order valence-corrected chi connectivity index (χ1v) is 8.10. The van der Waals surface area contributed by atoms with Gasteiger partial charge in [0, 0.05) is 13.1 Å². The Morgan fingerprint density at radius 1 is 1.13 bits per heavy atom. The van der Waals surface area contributed by atoms with Crippen molar-refractivity contribution >= 4 is 24.2 Å². The molecule has 126 valence electrons. The Balaban J connectivity index is 0.00000192. The zero-order chi connectivity index (χ0) is 15.5. The third-order valence-corrected chi connectivity index (χ3v) is 4.63. The van der Waals surface area contributed by atoms with Crippen molar-refractivity contribution in [1.29, 1.82) is 0 Å². The molecule has 1 aromatic carbocycles. The molecule has 1 saturated heterocycles. The van der Waals surface area contributed by atoms with Crippen LogP contribution >= 0.6 is 12.4 Å². The first kappa shape index (κ1) is 17.8. The fraction of sp³-hybridized carbons (Fsp3) is 0.529. The van der Waals surface area contributed by atoms with Crippen LogP contribution in [-0.2, 0) is 6.54 Å². The van der Waals surface area contributed by atoms with Crippen LogP contribution in [0.5, 0.6) is 0 Å². The van der Waals surface area contributed by atoms with Crippen LogP contribution in [-0.4, -0.2) is 47.8 Å². The van der Waals surface area contributed by atoms with Gasteiger partial charge in [-0.05, 0) is 50.5 Å². The van der Waals surface area contributed by atoms with Crippen molar-refractivity contribution < 1.29 is 9.59 Å². The highest BCUT2D eigenvalue weighted by molar-refractivity contribution is 6.09. The number of piperidine rings is 1. The van der Waals surface area contributed by atoms with E-state index >= 15 is 0 Å². The Kier molecular flexibility index (Phi) is 6.02. The molecule has 1 fully saturated rings. The quantitative estimate of drug-likeness (QED) is 0.894. The maximum absolute atomic E-state index is 12.5. The molecular formula is C17H24ClN3O2. The summed E-state index contributed by atoms with van der Waals surface area (Å²) in [5.74, 6) is -0.580. The van der Waals surface area contributed by atoms with E-state index in [2.05, 4.69) is 4.90 Å². The average Bonchev–Trinajstić information content (AvgIpc) is 2.85. The molecule has 2 heterocycles. The number of rotatable bonds is 5. The fourth-order valence-corrected chi connectivity index (χ4v) is 3.47. The Bertz CT molecular complexity index is 585. The number of nitrogens with two attached hydrogens (primary N) is 1. The molecule has 1 aromatic rings. The molecule has 5 nitrogen and oxygen atoms in total. The van der Waals surface area contributed by atoms with Gasteiger partial charge in [-0.1, -0.05) is 18.6 Å². The molecule has 2 aliphatic heterocycles. The summed E-state index contributed by atoms with van der Waals surface area (Å²) < 4.78 is 0. The largest absolute Gasteiger partial charge is 0.366 e. The van der Waals surface area contributed by atoms with Crippen LogP contribution in [0.1, 0.15) is 52.0 Å². The number of halogens is 1. The van der Waals surface area contributed by atoms with E-state index in [1.54, 1.807) is 12.1 Å². The number of benzene rings is 1. The highest BCUT2D eigenvalue weighted by Gasteiger charge is 2.30. The molecule has 2 N–H and O–H groups in total. The second-order valence-corrected chi connectivity index (χ2v) is 6.19. The van der Waals surface area contributed by atoms with Crippen LogP contribution in [0.3, 0.4) is 0 Å². The van der Waals surface area contributed by atoms with Crippen LogP contribution < -0.4 is 5.73 Å². The molecule has 6 heteroatoms. The lowest BCUT2D eigenvalue weighted by atomic mass is 10.0. The third kappa shape index (κ3) is 3.85. The number of hydrogen-bond acceptors (Lipinski definition) is 3. The van der Waals surface area contributed by atoms with Crippen LogP contribution in [0, 0.1) is 0 Å². The highest BCUT2D eigenvalue weighted by Crippen LogP contribution is 2.26. The van der Waals surface area contributed by atoms with Gasteiger partial charge in [-0.15, -0.1) is 12.4 Å². The van der Waals surface area contributed by atoms with Crippen LogP contribution in [0.4, 0.5) is 0 Å². The highest BCUT2D eigenvalue weighted by atomic mass is 35.5. The van der Waals surface area contributed by atoms with Crippen LogP contribution in [0.2, 0.25) is 0 Å². The molecule has 3 rings (SSSR count). The number of likely N-dealkylation sites (tertiary alicyclic amines) is 1. The Morgan fingerprint density at radius 3 is 2.57 bits per heavy atom. The zero-order valence-corrected chi connectivity index (χ0v) is 14.1. The molecule has 2 amide bonds. The van der Waals surface area contributed by atoms with E-state index in [9.17, 15) is 9.59 Å². The van der Waals surface area contributed by atoms with E-state index in [1.165, 1.54) is 32.4 Å². The summed E-state index contributed by atoms with van der Waals surface area (Å²) >= 11 is 0. The van der Waals surface area contributed by atoms with Gasteiger partial charge in [-0.25, -0.2) is 0 Å². The third-order valence-electron chi connectivity index (χ3n) is 4.63. The van der Waals surface area contributed by atoms with Crippen molar-refractivity contribution in [2.45, 2.75) is 32.2 Å². The van der Waals surface area contributed by atoms with Crippen molar-refractivity contribution in [2.24, 2.45) is 5.73 Å². The van der Waals surface area contributed by atoms with Crippen LogP contribution in [0.25, 0.3) is 0 Å². The van der Waals surface area contributed by atoms with Crippen LogP contribution in [0.15, 0.2) is 18.2 Å². The molecule has 0 aliphatic carbocycles. The normalized spacial score (nSPS) is 17.7. The average molecular weight is 338 g/mol. The molecule has 0 unspecified atom stereocenters. The number of hydrogen-bond donors (Lipinski definition) is 1. The van der Waals surface area contributed by atoms with Gasteiger partial charge in [0.2, 0.25) is 5.91 Å². The van der Waals surface area contributed by atoms with Crippen molar-refractivity contribution in [1.82, 2.24) is 9.80 Å². The maximum Gasteiger partial charge on any atom is 0.255 e. The first-order valence-electron chi connectivity index (χ1n) is 8.10. The minimum absolute atomic E-state index is 0. The van der Waals surface area contributed by atoms with Gasteiger partial charge in [-0.2, -0.15) is 0 Å². The van der Waals surface area contributed by atoms with Crippen molar-refractivity contribution in [3.05, 3.63) is 34.9 Å². The summed E-state index contributed by atoms with van der Waals surface area (Å²) in [6.07, 6.45) is 4.89. The van der Waals surface area contributed by atoms with Gasteiger partial charge < -0.3 is 15.5 Å². The minimum atomic E-state index is -0.527. The van der Waals surface area contributed by atoms with E-state index in [1.807, 2.05) is 11.0 Å². The number of amides is 2. The summed E-state index contributed by atoms with van der Waals surface area (Å²) in [4.78, 5) is 28.3. The van der Waals surface area contributed by atoms with E-state index in [-0.39, 0.29) is 18.3 Å². The minimum Gasteiger partial charge on any atom is -0.366 e. The predicted octanol–water partition coefficient (Wildman–Crippen LogP) is 2.04. The van der Waals surface area contributed by atoms with Crippen molar-refractivity contribution in [3.8, 4) is 0 Å². The summed E-state index contributed by atoms with van der Waals surface area (Å²) in [6, 6.07) is 5.34. The molecular weight excluding hydrogens is 314 g/mol. The fourth-order valence-electron chi connectivity index (χ4n) is 3.47. The molecule has 23 heavy (non-hydrogen) atoms. The van der Waals surface area contributed by atoms with Gasteiger partial charge in [0.25, 0.3) is 5.91 Å². The molecule has 0 saturated carbocycles. The molecule has 0 aromatic heterocycles. The topological polar surface area (TPSA) is 66.6 Å². The molecule has 0 radical (unpaired) electrons. The lowest BCUT2D eigenvalue weighted by Crippen LogP contribution is -2.33. The summed E-state index contributed by atoms with van der Waals surface area (Å²) in [5, 5.41) is 0. The smallest absolute Gasteiger partial charge is 0.255 e. The molecule has 0 spiro atoms. The lowest BCUT2D eigenvalue weighted by Gasteiger charge is -2.27. The van der Waals surface area contributed by atoms with Gasteiger partial charge in [0.1, 0.15) is 0 Å². The summed E-state index contributed by atoms with van der Waals surface area (Å²) in [7, 11) is 0. The number of carbonyl (C=O) groups excluding carboxylic acids is 2. The SMILES string of the molecule is Cl.NC(=O)c1cccc2c1C(=O)N(CCCN1CCCCC1)C2. The molecule has 0 bridgehead atoms. The number of carbonyl (C=O) groups is 2. The Morgan fingerprint density at radius 2 is 1.87 bits per heavy atom. The molecule has 2 aliphatic rings. The number of fused-ring (bicyclic) bond motifs is 1. The van der Waals surface area contributed by atoms with E-state index in [0.29, 0.717) is 17.7 Å². The van der Waals surface area contributed by atoms with E-state index in [0.717, 1.165) is 25.1 Å². The predicted molar refractivity (Wildman–Crippen MR) is 91.9 cm³/mol. The Labute approximate surface area is 143 Å². The number of nitrogens with zero attached hydrogens (tertiary/aromatic N) is 2. The van der Waals surface area contributed by atoms with Gasteiger partial charge >= 0.3 is 0 Å². The van der Waals surface area contributed by atoms with E-state index in [4.69, 9.17) is 5.73 Å². The Hall–Kier alpha value is -1.59. The number of primary amides is 1. The first-order chi connectivity index (χ1) is 10.7. The second kappa shape index (κ2) is 7.79. The maximum atomic E-state index is 12.5. The standard InChI is InChI=1S/C17H23N3O2.ClH/c18-16(21)14-7-4-6-13-12-20(17(22)15(13)14)11-5-10-19-8-2-1-3-9-19;/h4,6-7H,1-3,5,8-12H2,(H2,18,21);1H. The van der Waals surface area contributed by atoms with Crippen molar-refractivity contribution in [3.63, 3.8) is 0 Å². The van der Waals surface area contributed by atoms with Gasteiger partial charge in [0.15, 0.2) is 0 Å². The van der Waals surface area contributed by atoms with Gasteiger partial charge in [0.05, 0.1) is 11.1 Å². The van der Waals surface area contributed by atoms with Gasteiger partial charge in [-0.3, -0.25) is 9.59 Å². The molecule has 0 atom stereocenters.